The second-order valence-corrected chi connectivity index (χ2v) is 2.72. The molecule has 2 heterocycles. The summed E-state index contributed by atoms with van der Waals surface area (Å²) in [6.07, 6.45) is 4.89. The van der Waals surface area contributed by atoms with Crippen molar-refractivity contribution in [2.24, 2.45) is 4.99 Å². The molecular weight excluding hydrogens is 166 g/mol. The number of nitrogens with one attached hydrogen (secondary N) is 1. The highest BCUT2D eigenvalue weighted by Gasteiger charge is 2.05. The van der Waals surface area contributed by atoms with E-state index in [0.29, 0.717) is 5.69 Å². The average Bonchev–Trinajstić information content (AvgIpc) is 2.44. The van der Waals surface area contributed by atoms with Crippen molar-refractivity contribution < 1.29 is 4.79 Å². The maximum absolute atomic E-state index is 10.1. The van der Waals surface area contributed by atoms with Gasteiger partial charge in [0.2, 0.25) is 6.08 Å². The van der Waals surface area contributed by atoms with Gasteiger partial charge in [-0.1, -0.05) is 0 Å². The number of aromatic amines is 1. The lowest BCUT2D eigenvalue weighted by molar-refractivity contribution is 0.565. The van der Waals surface area contributed by atoms with E-state index in [4.69, 9.17) is 0 Å². The predicted molar refractivity (Wildman–Crippen MR) is 48.6 cm³/mol. The van der Waals surface area contributed by atoms with Gasteiger partial charge in [-0.3, -0.25) is 4.98 Å². The first kappa shape index (κ1) is 7.71. The van der Waals surface area contributed by atoms with Crippen molar-refractivity contribution in [3.8, 4) is 0 Å². The van der Waals surface area contributed by atoms with Gasteiger partial charge in [0, 0.05) is 23.5 Å². The zero-order chi connectivity index (χ0) is 9.26. The van der Waals surface area contributed by atoms with Crippen molar-refractivity contribution in [1.82, 2.24) is 9.97 Å². The van der Waals surface area contributed by atoms with Crippen LogP contribution in [0, 0.1) is 6.92 Å². The van der Waals surface area contributed by atoms with E-state index in [1.165, 1.54) is 6.08 Å². The Hall–Kier alpha value is -1.93. The molecule has 1 N–H and O–H groups in total. The van der Waals surface area contributed by atoms with E-state index in [2.05, 4.69) is 15.0 Å². The minimum Gasteiger partial charge on any atom is -0.357 e. The lowest BCUT2D eigenvalue weighted by atomic mass is 10.3. The third-order valence-corrected chi connectivity index (χ3v) is 1.91. The second kappa shape index (κ2) is 2.84. The van der Waals surface area contributed by atoms with Gasteiger partial charge in [0.25, 0.3) is 0 Å². The molecule has 0 aromatic carbocycles. The topological polar surface area (TPSA) is 58.1 Å². The van der Waals surface area contributed by atoms with Gasteiger partial charge in [-0.25, -0.2) is 4.79 Å². The van der Waals surface area contributed by atoms with E-state index >= 15 is 0 Å². The van der Waals surface area contributed by atoms with Crippen LogP contribution < -0.4 is 0 Å². The van der Waals surface area contributed by atoms with Crippen LogP contribution in [0.4, 0.5) is 5.69 Å². The van der Waals surface area contributed by atoms with Crippen LogP contribution in [0.2, 0.25) is 0 Å². The molecule has 0 spiro atoms. The molecule has 0 atom stereocenters. The predicted octanol–water partition coefficient (Wildman–Crippen LogP) is 1.84. The Morgan fingerprint density at radius 1 is 1.62 bits per heavy atom. The third-order valence-electron chi connectivity index (χ3n) is 1.91. The molecule has 2 aromatic rings. The molecule has 0 fully saturated rings. The summed E-state index contributed by atoms with van der Waals surface area (Å²) in [7, 11) is 0. The highest BCUT2D eigenvalue weighted by Crippen LogP contribution is 2.28. The molecule has 4 heteroatoms. The Balaban J connectivity index is 2.85. The highest BCUT2D eigenvalue weighted by molar-refractivity contribution is 5.92. The molecule has 0 amide bonds. The molecule has 0 aliphatic rings. The number of hydrogen-bond acceptors (Lipinski definition) is 3. The van der Waals surface area contributed by atoms with Crippen LogP contribution in [0.25, 0.3) is 10.9 Å². The lowest BCUT2D eigenvalue weighted by Crippen LogP contribution is -1.69. The van der Waals surface area contributed by atoms with Crippen molar-refractivity contribution in [2.75, 3.05) is 0 Å². The molecule has 0 aliphatic carbocycles. The van der Waals surface area contributed by atoms with Crippen molar-refractivity contribution in [3.63, 3.8) is 0 Å². The summed E-state index contributed by atoms with van der Waals surface area (Å²) in [4.78, 5) is 20.8. The zero-order valence-corrected chi connectivity index (χ0v) is 7.03. The third kappa shape index (κ3) is 1.13. The van der Waals surface area contributed by atoms with Crippen LogP contribution in [0.15, 0.2) is 23.5 Å². The van der Waals surface area contributed by atoms with Crippen LogP contribution in [-0.4, -0.2) is 16.0 Å². The molecule has 0 saturated carbocycles. The molecule has 64 valence electrons. The zero-order valence-electron chi connectivity index (χ0n) is 7.03. The summed E-state index contributed by atoms with van der Waals surface area (Å²) in [5, 5.41) is 0.850. The fourth-order valence-corrected chi connectivity index (χ4v) is 1.35. The summed E-state index contributed by atoms with van der Waals surface area (Å²) in [6, 6.07) is 1.84. The van der Waals surface area contributed by atoms with Crippen molar-refractivity contribution >= 4 is 22.7 Å². The minimum absolute atomic E-state index is 0.623. The number of hydrogen-bond donors (Lipinski definition) is 1. The first-order chi connectivity index (χ1) is 6.33. The summed E-state index contributed by atoms with van der Waals surface area (Å²) < 4.78 is 0. The second-order valence-electron chi connectivity index (χ2n) is 2.72. The first-order valence-corrected chi connectivity index (χ1v) is 3.83. The Labute approximate surface area is 74.3 Å². The fraction of sp³-hybridized carbons (Fsp3) is 0.111. The average molecular weight is 173 g/mol. The number of isocyanates is 1. The Bertz CT molecular complexity index is 495. The van der Waals surface area contributed by atoms with Gasteiger partial charge in [0.15, 0.2) is 0 Å². The van der Waals surface area contributed by atoms with Crippen LogP contribution in [-0.2, 0) is 4.79 Å². The number of carbonyl (C=O) groups excluding carboxylic acids is 1. The van der Waals surface area contributed by atoms with Gasteiger partial charge in [-0.15, -0.1) is 0 Å². The number of rotatable bonds is 1. The summed E-state index contributed by atoms with van der Waals surface area (Å²) in [5.41, 5.74) is 2.41. The van der Waals surface area contributed by atoms with Gasteiger partial charge >= 0.3 is 0 Å². The molecule has 0 radical (unpaired) electrons. The number of aliphatic imine (C=N–C) groups is 1. The van der Waals surface area contributed by atoms with E-state index in [1.54, 1.807) is 12.4 Å². The van der Waals surface area contributed by atoms with Crippen LogP contribution >= 0.6 is 0 Å². The minimum atomic E-state index is 0.623. The quantitative estimate of drug-likeness (QED) is 0.528. The van der Waals surface area contributed by atoms with E-state index in [-0.39, 0.29) is 0 Å². The molecule has 0 aliphatic heterocycles. The largest absolute Gasteiger partial charge is 0.357 e. The van der Waals surface area contributed by atoms with Gasteiger partial charge in [-0.05, 0) is 13.0 Å². The molecule has 4 nitrogen and oxygen atoms in total. The first-order valence-electron chi connectivity index (χ1n) is 3.83. The van der Waals surface area contributed by atoms with Crippen molar-refractivity contribution in [3.05, 3.63) is 24.2 Å². The van der Waals surface area contributed by atoms with Gasteiger partial charge in [0.05, 0.1) is 5.52 Å². The van der Waals surface area contributed by atoms with Gasteiger partial charge in [0.1, 0.15) is 5.69 Å². The monoisotopic (exact) mass is 173 g/mol. The number of fused-ring (bicyclic) bond motifs is 1. The standard InChI is InChI=1S/C9H7N3O/c1-6-9(11-5-13)7-4-10-3-2-8(7)12-6/h2-4,12H,1H3. The molecule has 2 aromatic heterocycles. The SMILES string of the molecule is Cc1[nH]c2ccncc2c1N=C=O. The molecule has 0 bridgehead atoms. The molecule has 0 saturated heterocycles. The lowest BCUT2D eigenvalue weighted by Gasteiger charge is -1.87. The number of nitrogens with zero attached hydrogens (tertiary/aromatic N) is 2. The maximum Gasteiger partial charge on any atom is 0.240 e. The van der Waals surface area contributed by atoms with Crippen LogP contribution in [0.1, 0.15) is 5.69 Å². The normalized spacial score (nSPS) is 9.92. The molecule has 2 rings (SSSR count). The summed E-state index contributed by atoms with van der Waals surface area (Å²) >= 11 is 0. The van der Waals surface area contributed by atoms with E-state index in [1.807, 2.05) is 13.0 Å². The van der Waals surface area contributed by atoms with Gasteiger partial charge < -0.3 is 4.98 Å². The number of pyridine rings is 1. The van der Waals surface area contributed by atoms with Gasteiger partial charge in [-0.2, -0.15) is 4.99 Å². The van der Waals surface area contributed by atoms with Crippen molar-refractivity contribution in [1.29, 1.82) is 0 Å². The molecule has 13 heavy (non-hydrogen) atoms. The summed E-state index contributed by atoms with van der Waals surface area (Å²) in [5.74, 6) is 0. The summed E-state index contributed by atoms with van der Waals surface area (Å²) in [6.45, 7) is 1.86. The maximum atomic E-state index is 10.1. The van der Waals surface area contributed by atoms with E-state index in [0.717, 1.165) is 16.6 Å². The highest BCUT2D eigenvalue weighted by atomic mass is 16.1. The van der Waals surface area contributed by atoms with Crippen LogP contribution in [0.5, 0.6) is 0 Å². The Kier molecular flexibility index (Phi) is 1.69. The molecule has 0 unspecified atom stereocenters. The Morgan fingerprint density at radius 2 is 2.46 bits per heavy atom. The number of aryl methyl sites for hydroxylation is 1. The van der Waals surface area contributed by atoms with E-state index in [9.17, 15) is 4.79 Å². The molecular formula is C9H7N3O. The Morgan fingerprint density at radius 3 is 3.23 bits per heavy atom. The van der Waals surface area contributed by atoms with E-state index < -0.39 is 0 Å². The smallest absolute Gasteiger partial charge is 0.240 e. The van der Waals surface area contributed by atoms with Crippen molar-refractivity contribution in [2.45, 2.75) is 6.92 Å². The fourth-order valence-electron chi connectivity index (χ4n) is 1.35. The number of aromatic nitrogens is 2. The number of H-pyrrole nitrogens is 1. The van der Waals surface area contributed by atoms with Crippen LogP contribution in [0.3, 0.4) is 0 Å².